The van der Waals surface area contributed by atoms with E-state index < -0.39 is 0 Å². The molecule has 110 valence electrons. The van der Waals surface area contributed by atoms with Crippen molar-refractivity contribution < 1.29 is 4.79 Å². The third kappa shape index (κ3) is 4.52. The van der Waals surface area contributed by atoms with Crippen LogP contribution in [0.4, 0.5) is 11.8 Å². The van der Waals surface area contributed by atoms with Gasteiger partial charge in [0.1, 0.15) is 11.0 Å². The maximum absolute atomic E-state index is 11.8. The lowest BCUT2D eigenvalue weighted by Gasteiger charge is -2.20. The number of nitrogens with zero attached hydrogens (tertiary/aromatic N) is 3. The summed E-state index contributed by atoms with van der Waals surface area (Å²) in [7, 11) is 0. The molecule has 20 heavy (non-hydrogen) atoms. The van der Waals surface area contributed by atoms with Crippen LogP contribution < -0.4 is 11.1 Å². The van der Waals surface area contributed by atoms with E-state index in [9.17, 15) is 4.79 Å². The van der Waals surface area contributed by atoms with Crippen molar-refractivity contribution in [1.29, 1.82) is 0 Å². The SMILES string of the molecule is Nc1nc(Cl)cc(NCCCN2CCCCCC2=O)n1. The van der Waals surface area contributed by atoms with Crippen molar-refractivity contribution in [3.05, 3.63) is 11.2 Å². The Balaban J connectivity index is 1.74. The number of hydrogen-bond acceptors (Lipinski definition) is 5. The monoisotopic (exact) mass is 297 g/mol. The van der Waals surface area contributed by atoms with Crippen LogP contribution in [0, 0.1) is 0 Å². The predicted octanol–water partition coefficient (Wildman–Crippen LogP) is 1.92. The predicted molar refractivity (Wildman–Crippen MR) is 79.6 cm³/mol. The minimum Gasteiger partial charge on any atom is -0.370 e. The highest BCUT2D eigenvalue weighted by Gasteiger charge is 2.15. The van der Waals surface area contributed by atoms with Gasteiger partial charge in [-0.25, -0.2) is 4.98 Å². The molecule has 0 aromatic carbocycles. The summed E-state index contributed by atoms with van der Waals surface area (Å²) in [4.78, 5) is 21.6. The Morgan fingerprint density at radius 3 is 3.00 bits per heavy atom. The largest absolute Gasteiger partial charge is 0.370 e. The lowest BCUT2D eigenvalue weighted by atomic mass is 10.2. The zero-order valence-corrected chi connectivity index (χ0v) is 12.2. The van der Waals surface area contributed by atoms with Gasteiger partial charge in [-0.1, -0.05) is 18.0 Å². The van der Waals surface area contributed by atoms with Crippen LogP contribution in [0.1, 0.15) is 32.1 Å². The van der Waals surface area contributed by atoms with Crippen molar-refractivity contribution in [2.75, 3.05) is 30.7 Å². The van der Waals surface area contributed by atoms with Crippen LogP contribution >= 0.6 is 11.6 Å². The van der Waals surface area contributed by atoms with E-state index in [2.05, 4.69) is 15.3 Å². The molecule has 1 amide bonds. The van der Waals surface area contributed by atoms with E-state index in [1.807, 2.05) is 4.90 Å². The van der Waals surface area contributed by atoms with Gasteiger partial charge in [0.25, 0.3) is 0 Å². The first-order valence-electron chi connectivity index (χ1n) is 6.97. The molecular formula is C13H20ClN5O. The Kier molecular flexibility index (Phi) is 5.40. The molecule has 1 aromatic heterocycles. The maximum atomic E-state index is 11.8. The standard InChI is InChI=1S/C13H20ClN5O/c14-10-9-11(18-13(15)17-10)16-6-4-8-19-7-3-1-2-5-12(19)20/h9H,1-8H2,(H3,15,16,17,18). The van der Waals surface area contributed by atoms with Gasteiger partial charge in [-0.05, 0) is 19.3 Å². The van der Waals surface area contributed by atoms with E-state index >= 15 is 0 Å². The van der Waals surface area contributed by atoms with E-state index in [4.69, 9.17) is 17.3 Å². The van der Waals surface area contributed by atoms with E-state index in [0.29, 0.717) is 17.4 Å². The normalized spacial score (nSPS) is 16.1. The molecule has 0 spiro atoms. The third-order valence-electron chi connectivity index (χ3n) is 3.29. The summed E-state index contributed by atoms with van der Waals surface area (Å²) in [5, 5.41) is 3.46. The summed E-state index contributed by atoms with van der Waals surface area (Å²) in [6.45, 7) is 2.38. The molecule has 0 atom stereocenters. The van der Waals surface area contributed by atoms with Crippen LogP contribution in [-0.2, 0) is 4.79 Å². The first-order valence-corrected chi connectivity index (χ1v) is 7.34. The van der Waals surface area contributed by atoms with Gasteiger partial charge in [0.15, 0.2) is 0 Å². The van der Waals surface area contributed by atoms with Crippen LogP contribution in [0.2, 0.25) is 5.15 Å². The molecular weight excluding hydrogens is 278 g/mol. The summed E-state index contributed by atoms with van der Waals surface area (Å²) < 4.78 is 0. The molecule has 1 aliphatic rings. The number of likely N-dealkylation sites (tertiary alicyclic amines) is 1. The highest BCUT2D eigenvalue weighted by molar-refractivity contribution is 6.29. The van der Waals surface area contributed by atoms with Crippen LogP contribution in [0.3, 0.4) is 0 Å². The molecule has 2 heterocycles. The Morgan fingerprint density at radius 2 is 2.20 bits per heavy atom. The fourth-order valence-electron chi connectivity index (χ4n) is 2.29. The fraction of sp³-hybridized carbons (Fsp3) is 0.615. The summed E-state index contributed by atoms with van der Waals surface area (Å²) in [5.41, 5.74) is 5.52. The van der Waals surface area contributed by atoms with Gasteiger partial charge in [0, 0.05) is 32.1 Å². The summed E-state index contributed by atoms with van der Waals surface area (Å²) in [5.74, 6) is 1.05. The molecule has 0 aliphatic carbocycles. The first-order chi connectivity index (χ1) is 9.65. The maximum Gasteiger partial charge on any atom is 0.223 e. The second-order valence-corrected chi connectivity index (χ2v) is 5.29. The van der Waals surface area contributed by atoms with Gasteiger partial charge in [0.2, 0.25) is 11.9 Å². The Labute approximate surface area is 123 Å². The highest BCUT2D eigenvalue weighted by Crippen LogP contribution is 2.13. The van der Waals surface area contributed by atoms with E-state index in [1.54, 1.807) is 6.07 Å². The topological polar surface area (TPSA) is 84.1 Å². The van der Waals surface area contributed by atoms with Crippen LogP contribution in [0.15, 0.2) is 6.07 Å². The first kappa shape index (κ1) is 14.8. The number of aromatic nitrogens is 2. The fourth-order valence-corrected chi connectivity index (χ4v) is 2.48. The van der Waals surface area contributed by atoms with Gasteiger partial charge in [0.05, 0.1) is 0 Å². The van der Waals surface area contributed by atoms with Crippen molar-refractivity contribution in [3.63, 3.8) is 0 Å². The second kappa shape index (κ2) is 7.28. The Morgan fingerprint density at radius 1 is 1.35 bits per heavy atom. The molecule has 3 N–H and O–H groups in total. The van der Waals surface area contributed by atoms with E-state index in [-0.39, 0.29) is 11.9 Å². The lowest BCUT2D eigenvalue weighted by molar-refractivity contribution is -0.130. The minimum atomic E-state index is 0.155. The van der Waals surface area contributed by atoms with Crippen molar-refractivity contribution in [2.24, 2.45) is 0 Å². The van der Waals surface area contributed by atoms with Crippen molar-refractivity contribution in [1.82, 2.24) is 14.9 Å². The Hall–Kier alpha value is -1.56. The summed E-state index contributed by atoms with van der Waals surface area (Å²) in [6.07, 6.45) is 4.83. The van der Waals surface area contributed by atoms with Gasteiger partial charge in [-0.15, -0.1) is 0 Å². The number of nitrogen functional groups attached to an aromatic ring is 1. The van der Waals surface area contributed by atoms with Gasteiger partial charge >= 0.3 is 0 Å². The molecule has 1 aliphatic heterocycles. The number of anilines is 2. The van der Waals surface area contributed by atoms with Crippen molar-refractivity contribution >= 4 is 29.3 Å². The molecule has 1 aromatic rings. The van der Waals surface area contributed by atoms with Crippen LogP contribution in [0.5, 0.6) is 0 Å². The second-order valence-electron chi connectivity index (χ2n) is 4.91. The van der Waals surface area contributed by atoms with Gasteiger partial charge in [-0.2, -0.15) is 4.98 Å². The minimum absolute atomic E-state index is 0.155. The molecule has 1 saturated heterocycles. The number of hydrogen-bond donors (Lipinski definition) is 2. The van der Waals surface area contributed by atoms with Gasteiger partial charge in [-0.3, -0.25) is 4.79 Å². The zero-order valence-electron chi connectivity index (χ0n) is 11.4. The van der Waals surface area contributed by atoms with Gasteiger partial charge < -0.3 is 16.0 Å². The lowest BCUT2D eigenvalue weighted by Crippen LogP contribution is -2.32. The number of carbonyl (C=O) groups is 1. The molecule has 2 rings (SSSR count). The number of rotatable bonds is 5. The molecule has 7 heteroatoms. The number of amides is 1. The average Bonchev–Trinajstić information content (AvgIpc) is 2.59. The quantitative estimate of drug-likeness (QED) is 0.641. The van der Waals surface area contributed by atoms with Crippen molar-refractivity contribution in [3.8, 4) is 0 Å². The molecule has 0 bridgehead atoms. The van der Waals surface area contributed by atoms with Crippen LogP contribution in [0.25, 0.3) is 0 Å². The van der Waals surface area contributed by atoms with E-state index in [0.717, 1.165) is 45.3 Å². The Bertz CT molecular complexity index is 448. The number of halogens is 1. The van der Waals surface area contributed by atoms with Crippen molar-refractivity contribution in [2.45, 2.75) is 32.1 Å². The zero-order chi connectivity index (χ0) is 14.4. The molecule has 0 radical (unpaired) electrons. The smallest absolute Gasteiger partial charge is 0.223 e. The number of carbonyl (C=O) groups excluding carboxylic acids is 1. The number of nitrogens with one attached hydrogen (secondary N) is 1. The number of nitrogens with two attached hydrogens (primary N) is 1. The molecule has 0 saturated carbocycles. The highest BCUT2D eigenvalue weighted by atomic mass is 35.5. The summed E-state index contributed by atoms with van der Waals surface area (Å²) in [6, 6.07) is 1.63. The van der Waals surface area contributed by atoms with E-state index in [1.165, 1.54) is 0 Å². The molecule has 1 fully saturated rings. The molecule has 0 unspecified atom stereocenters. The summed E-state index contributed by atoms with van der Waals surface area (Å²) >= 11 is 5.80. The average molecular weight is 298 g/mol. The molecule has 6 nitrogen and oxygen atoms in total. The third-order valence-corrected chi connectivity index (χ3v) is 3.49. The van der Waals surface area contributed by atoms with Crippen LogP contribution in [-0.4, -0.2) is 40.4 Å².